The summed E-state index contributed by atoms with van der Waals surface area (Å²) in [5.74, 6) is 0. The SMILES string of the molecule is CCC(C)NS(=O)(=O)c1ccc(N)c([N+](=O)[O-])c1. The average molecular weight is 273 g/mol. The van der Waals surface area contributed by atoms with E-state index in [0.29, 0.717) is 6.42 Å². The van der Waals surface area contributed by atoms with Crippen LogP contribution in [0.1, 0.15) is 20.3 Å². The lowest BCUT2D eigenvalue weighted by Crippen LogP contribution is -2.32. The van der Waals surface area contributed by atoms with Crippen LogP contribution in [0.25, 0.3) is 0 Å². The first-order chi connectivity index (χ1) is 8.27. The summed E-state index contributed by atoms with van der Waals surface area (Å²) in [5, 5.41) is 10.7. The average Bonchev–Trinajstić information content (AvgIpc) is 2.28. The van der Waals surface area contributed by atoms with Gasteiger partial charge in [-0.1, -0.05) is 6.92 Å². The molecule has 0 bridgehead atoms. The van der Waals surface area contributed by atoms with Gasteiger partial charge < -0.3 is 5.73 Å². The van der Waals surface area contributed by atoms with Crippen LogP contribution >= 0.6 is 0 Å². The van der Waals surface area contributed by atoms with Gasteiger partial charge in [0.1, 0.15) is 5.69 Å². The van der Waals surface area contributed by atoms with Crippen LogP contribution in [0.5, 0.6) is 0 Å². The van der Waals surface area contributed by atoms with Crippen LogP contribution in [0.4, 0.5) is 11.4 Å². The number of rotatable bonds is 5. The molecular weight excluding hydrogens is 258 g/mol. The number of nitro benzene ring substituents is 1. The van der Waals surface area contributed by atoms with Gasteiger partial charge in [0.25, 0.3) is 5.69 Å². The molecule has 1 atom stereocenters. The molecule has 8 heteroatoms. The fraction of sp³-hybridized carbons (Fsp3) is 0.400. The van der Waals surface area contributed by atoms with Crippen molar-refractivity contribution in [2.45, 2.75) is 31.2 Å². The summed E-state index contributed by atoms with van der Waals surface area (Å²) in [7, 11) is -3.75. The second kappa shape index (κ2) is 5.32. The lowest BCUT2D eigenvalue weighted by atomic mass is 10.3. The number of hydrogen-bond acceptors (Lipinski definition) is 5. The van der Waals surface area contributed by atoms with Crippen LogP contribution in [0.15, 0.2) is 23.1 Å². The summed E-state index contributed by atoms with van der Waals surface area (Å²) < 4.78 is 26.2. The minimum absolute atomic E-state index is 0.0671. The maximum absolute atomic E-state index is 11.9. The van der Waals surface area contributed by atoms with Gasteiger partial charge in [-0.2, -0.15) is 0 Å². The molecule has 0 heterocycles. The van der Waals surface area contributed by atoms with E-state index in [4.69, 9.17) is 5.73 Å². The molecule has 0 aliphatic rings. The molecule has 1 aromatic rings. The Hall–Kier alpha value is -1.67. The van der Waals surface area contributed by atoms with Gasteiger partial charge in [0.2, 0.25) is 10.0 Å². The Morgan fingerprint density at radius 2 is 2.11 bits per heavy atom. The van der Waals surface area contributed by atoms with Crippen molar-refractivity contribution < 1.29 is 13.3 Å². The highest BCUT2D eigenvalue weighted by Gasteiger charge is 2.21. The van der Waals surface area contributed by atoms with Gasteiger partial charge in [-0.25, -0.2) is 13.1 Å². The number of nitrogens with two attached hydrogens (primary N) is 1. The molecule has 0 aliphatic carbocycles. The summed E-state index contributed by atoms with van der Waals surface area (Å²) in [4.78, 5) is 9.82. The molecule has 100 valence electrons. The zero-order valence-electron chi connectivity index (χ0n) is 10.1. The number of nitro groups is 1. The highest BCUT2D eigenvalue weighted by atomic mass is 32.2. The Bertz CT molecular complexity index is 556. The minimum Gasteiger partial charge on any atom is -0.393 e. The molecule has 1 unspecified atom stereocenters. The zero-order chi connectivity index (χ0) is 13.9. The molecule has 0 saturated carbocycles. The molecule has 3 N–H and O–H groups in total. The Kier molecular flexibility index (Phi) is 4.25. The molecule has 1 aromatic carbocycles. The Morgan fingerprint density at radius 1 is 1.50 bits per heavy atom. The molecule has 0 aromatic heterocycles. The Balaban J connectivity index is 3.18. The van der Waals surface area contributed by atoms with E-state index in [1.165, 1.54) is 12.1 Å². The van der Waals surface area contributed by atoms with E-state index < -0.39 is 20.6 Å². The van der Waals surface area contributed by atoms with Crippen molar-refractivity contribution in [1.82, 2.24) is 4.72 Å². The molecule has 18 heavy (non-hydrogen) atoms. The minimum atomic E-state index is -3.75. The first kappa shape index (κ1) is 14.4. The Morgan fingerprint density at radius 3 is 2.61 bits per heavy atom. The van der Waals surface area contributed by atoms with Gasteiger partial charge in [0, 0.05) is 12.1 Å². The predicted molar refractivity (Wildman–Crippen MR) is 67.6 cm³/mol. The second-order valence-electron chi connectivity index (χ2n) is 3.91. The monoisotopic (exact) mass is 273 g/mol. The van der Waals surface area contributed by atoms with Crippen LogP contribution in [0.3, 0.4) is 0 Å². The highest BCUT2D eigenvalue weighted by molar-refractivity contribution is 7.89. The molecule has 0 amide bonds. The first-order valence-electron chi connectivity index (χ1n) is 5.34. The van der Waals surface area contributed by atoms with Gasteiger partial charge in [0.05, 0.1) is 9.82 Å². The van der Waals surface area contributed by atoms with E-state index in [1.54, 1.807) is 6.92 Å². The maximum Gasteiger partial charge on any atom is 0.293 e. The number of nitrogens with one attached hydrogen (secondary N) is 1. The fourth-order valence-corrected chi connectivity index (χ4v) is 2.61. The highest BCUT2D eigenvalue weighted by Crippen LogP contribution is 2.24. The van der Waals surface area contributed by atoms with E-state index in [0.717, 1.165) is 6.07 Å². The Labute approximate surface area is 105 Å². The van der Waals surface area contributed by atoms with Crippen molar-refractivity contribution in [2.75, 3.05) is 5.73 Å². The summed E-state index contributed by atoms with van der Waals surface area (Å²) in [6.45, 7) is 3.54. The summed E-state index contributed by atoms with van der Waals surface area (Å²) in [5.41, 5.74) is 4.92. The molecule has 0 spiro atoms. The van der Waals surface area contributed by atoms with Crippen LogP contribution in [0.2, 0.25) is 0 Å². The van der Waals surface area contributed by atoms with E-state index >= 15 is 0 Å². The van der Waals surface area contributed by atoms with Gasteiger partial charge in [-0.3, -0.25) is 10.1 Å². The number of sulfonamides is 1. The van der Waals surface area contributed by atoms with Gasteiger partial charge in [-0.05, 0) is 25.5 Å². The second-order valence-corrected chi connectivity index (χ2v) is 5.62. The quantitative estimate of drug-likeness (QED) is 0.476. The van der Waals surface area contributed by atoms with Gasteiger partial charge >= 0.3 is 0 Å². The van der Waals surface area contributed by atoms with Crippen LogP contribution in [-0.4, -0.2) is 19.4 Å². The van der Waals surface area contributed by atoms with E-state index in [1.807, 2.05) is 6.92 Å². The molecule has 0 aliphatic heterocycles. The number of nitrogen functional groups attached to an aromatic ring is 1. The predicted octanol–water partition coefficient (Wildman–Crippen LogP) is 1.25. The number of nitrogens with zero attached hydrogens (tertiary/aromatic N) is 1. The van der Waals surface area contributed by atoms with Crippen molar-refractivity contribution in [3.8, 4) is 0 Å². The molecule has 0 radical (unpaired) electrons. The van der Waals surface area contributed by atoms with Crippen molar-refractivity contribution >= 4 is 21.4 Å². The normalized spacial score (nSPS) is 13.2. The van der Waals surface area contributed by atoms with E-state index in [9.17, 15) is 18.5 Å². The largest absolute Gasteiger partial charge is 0.393 e. The summed E-state index contributed by atoms with van der Waals surface area (Å²) in [6, 6.07) is 3.17. The molecular formula is C10H15N3O4S. The van der Waals surface area contributed by atoms with E-state index in [-0.39, 0.29) is 16.6 Å². The number of anilines is 1. The summed E-state index contributed by atoms with van der Waals surface area (Å²) >= 11 is 0. The van der Waals surface area contributed by atoms with Crippen LogP contribution in [-0.2, 0) is 10.0 Å². The van der Waals surface area contributed by atoms with Crippen LogP contribution in [0, 0.1) is 10.1 Å². The lowest BCUT2D eigenvalue weighted by Gasteiger charge is -2.12. The van der Waals surface area contributed by atoms with Crippen molar-refractivity contribution in [3.63, 3.8) is 0 Å². The summed E-state index contributed by atoms with van der Waals surface area (Å²) in [6.07, 6.45) is 0.621. The molecule has 1 rings (SSSR count). The van der Waals surface area contributed by atoms with Gasteiger partial charge in [-0.15, -0.1) is 0 Å². The third-order valence-corrected chi connectivity index (χ3v) is 4.06. The standard InChI is InChI=1S/C10H15N3O4S/c1-3-7(2)12-18(16,17)8-4-5-9(11)10(6-8)13(14)15/h4-7,12H,3,11H2,1-2H3. The smallest absolute Gasteiger partial charge is 0.293 e. The first-order valence-corrected chi connectivity index (χ1v) is 6.82. The van der Waals surface area contributed by atoms with Crippen molar-refractivity contribution in [1.29, 1.82) is 0 Å². The third kappa shape index (κ3) is 3.17. The topological polar surface area (TPSA) is 115 Å². The molecule has 0 fully saturated rings. The van der Waals surface area contributed by atoms with Gasteiger partial charge in [0.15, 0.2) is 0 Å². The molecule has 0 saturated heterocycles. The maximum atomic E-state index is 11.9. The number of benzene rings is 1. The number of hydrogen-bond donors (Lipinski definition) is 2. The van der Waals surface area contributed by atoms with E-state index in [2.05, 4.69) is 4.72 Å². The third-order valence-electron chi connectivity index (χ3n) is 2.48. The van der Waals surface area contributed by atoms with Crippen molar-refractivity contribution in [3.05, 3.63) is 28.3 Å². The zero-order valence-corrected chi connectivity index (χ0v) is 10.9. The lowest BCUT2D eigenvalue weighted by molar-refractivity contribution is -0.384. The molecule has 7 nitrogen and oxygen atoms in total. The van der Waals surface area contributed by atoms with Crippen molar-refractivity contribution in [2.24, 2.45) is 0 Å². The fourth-order valence-electron chi connectivity index (χ4n) is 1.26. The van der Waals surface area contributed by atoms with Crippen LogP contribution < -0.4 is 10.5 Å².